The quantitative estimate of drug-likeness (QED) is 0.820. The lowest BCUT2D eigenvalue weighted by Crippen LogP contribution is -2.27. The number of ether oxygens (including phenoxy) is 2. The van der Waals surface area contributed by atoms with Crippen LogP contribution in [0.1, 0.15) is 25.7 Å². The summed E-state index contributed by atoms with van der Waals surface area (Å²) in [5.74, 6) is 0.766. The third kappa shape index (κ3) is 3.60. The van der Waals surface area contributed by atoms with Crippen LogP contribution in [-0.2, 0) is 4.74 Å². The molecule has 1 aliphatic rings. The summed E-state index contributed by atoms with van der Waals surface area (Å²) < 4.78 is 12.3. The molecule has 0 N–H and O–H groups in total. The summed E-state index contributed by atoms with van der Waals surface area (Å²) in [5.41, 5.74) is 0. The van der Waals surface area contributed by atoms with E-state index in [1.807, 2.05) is 18.2 Å². The molecule has 0 unspecified atom stereocenters. The molecule has 0 saturated heterocycles. The average molecular weight is 320 g/mol. The minimum absolute atomic E-state index is 0.258. The molecule has 1 fully saturated rings. The molecule has 1 saturated carbocycles. The minimum atomic E-state index is 0.258. The monoisotopic (exact) mass is 318 g/mol. The Morgan fingerprint density at radius 1 is 1.18 bits per heavy atom. The number of methoxy groups -OCH3 is 1. The molecule has 94 valence electrons. The highest BCUT2D eigenvalue weighted by Gasteiger charge is 2.22. The summed E-state index contributed by atoms with van der Waals surface area (Å²) in [7, 11) is 1.77. The maximum atomic E-state index is 6.10. The van der Waals surface area contributed by atoms with Crippen LogP contribution in [0.2, 0.25) is 5.02 Å². The Morgan fingerprint density at radius 2 is 1.82 bits per heavy atom. The van der Waals surface area contributed by atoms with Crippen LogP contribution in [0.3, 0.4) is 0 Å². The van der Waals surface area contributed by atoms with Gasteiger partial charge in [-0.3, -0.25) is 0 Å². The predicted molar refractivity (Wildman–Crippen MR) is 72.8 cm³/mol. The molecule has 0 heterocycles. The number of hydrogen-bond acceptors (Lipinski definition) is 2. The lowest BCUT2D eigenvalue weighted by atomic mass is 9.95. The molecule has 0 bridgehead atoms. The van der Waals surface area contributed by atoms with Crippen LogP contribution in [0.15, 0.2) is 22.7 Å². The molecule has 17 heavy (non-hydrogen) atoms. The Morgan fingerprint density at radius 3 is 2.47 bits per heavy atom. The molecule has 1 aromatic carbocycles. The molecule has 0 aromatic heterocycles. The maximum Gasteiger partial charge on any atom is 0.139 e. The van der Waals surface area contributed by atoms with Gasteiger partial charge in [0.25, 0.3) is 0 Å². The van der Waals surface area contributed by atoms with Crippen LogP contribution in [0.25, 0.3) is 0 Å². The highest BCUT2D eigenvalue weighted by molar-refractivity contribution is 9.10. The van der Waals surface area contributed by atoms with Crippen LogP contribution in [0.4, 0.5) is 0 Å². The van der Waals surface area contributed by atoms with Gasteiger partial charge in [0.05, 0.1) is 17.2 Å². The standard InChI is InChI=1S/C13H16BrClO2/c1-16-10-3-5-11(6-4-10)17-13-8-9(14)2-7-12(13)15/h2,7-8,10-11H,3-6H2,1H3/t10-,11+. The Bertz CT molecular complexity index is 376. The van der Waals surface area contributed by atoms with E-state index in [-0.39, 0.29) is 6.10 Å². The summed E-state index contributed by atoms with van der Waals surface area (Å²) in [6.45, 7) is 0. The highest BCUT2D eigenvalue weighted by atomic mass is 79.9. The van der Waals surface area contributed by atoms with Gasteiger partial charge in [-0.2, -0.15) is 0 Å². The largest absolute Gasteiger partial charge is 0.489 e. The SMILES string of the molecule is CO[C@H]1CC[C@@H](Oc2cc(Br)ccc2Cl)CC1. The number of benzene rings is 1. The van der Waals surface area contributed by atoms with Gasteiger partial charge in [-0.05, 0) is 43.9 Å². The zero-order valence-corrected chi connectivity index (χ0v) is 12.1. The zero-order valence-electron chi connectivity index (χ0n) is 9.79. The fourth-order valence-corrected chi connectivity index (χ4v) is 2.64. The summed E-state index contributed by atoms with van der Waals surface area (Å²) in [4.78, 5) is 0. The normalized spacial score (nSPS) is 24.6. The number of hydrogen-bond donors (Lipinski definition) is 0. The van der Waals surface area contributed by atoms with E-state index < -0.39 is 0 Å². The molecule has 0 atom stereocenters. The molecule has 2 rings (SSSR count). The van der Waals surface area contributed by atoms with Gasteiger partial charge < -0.3 is 9.47 Å². The summed E-state index contributed by atoms with van der Waals surface area (Å²) in [6, 6.07) is 5.68. The molecule has 0 aliphatic heterocycles. The van der Waals surface area contributed by atoms with Gasteiger partial charge in [0.15, 0.2) is 0 Å². The van der Waals surface area contributed by atoms with Crippen molar-refractivity contribution in [2.24, 2.45) is 0 Å². The van der Waals surface area contributed by atoms with Crippen molar-refractivity contribution in [2.45, 2.75) is 37.9 Å². The van der Waals surface area contributed by atoms with Crippen LogP contribution in [0.5, 0.6) is 5.75 Å². The van der Waals surface area contributed by atoms with Crippen molar-refractivity contribution in [1.29, 1.82) is 0 Å². The third-order valence-electron chi connectivity index (χ3n) is 3.14. The molecule has 1 aliphatic carbocycles. The van der Waals surface area contributed by atoms with Crippen LogP contribution in [0, 0.1) is 0 Å². The van der Waals surface area contributed by atoms with Gasteiger partial charge in [0.2, 0.25) is 0 Å². The lowest BCUT2D eigenvalue weighted by molar-refractivity contribution is 0.0327. The first-order chi connectivity index (χ1) is 8.19. The van der Waals surface area contributed by atoms with Gasteiger partial charge in [0, 0.05) is 11.6 Å². The minimum Gasteiger partial charge on any atom is -0.489 e. The summed E-state index contributed by atoms with van der Waals surface area (Å²) >= 11 is 9.52. The van der Waals surface area contributed by atoms with E-state index in [1.54, 1.807) is 7.11 Å². The summed E-state index contributed by atoms with van der Waals surface area (Å²) in [6.07, 6.45) is 4.84. The second kappa shape index (κ2) is 6.07. The lowest BCUT2D eigenvalue weighted by Gasteiger charge is -2.28. The van der Waals surface area contributed by atoms with E-state index >= 15 is 0 Å². The van der Waals surface area contributed by atoms with Gasteiger partial charge in [-0.1, -0.05) is 27.5 Å². The summed E-state index contributed by atoms with van der Waals surface area (Å²) in [5, 5.41) is 0.669. The molecule has 0 radical (unpaired) electrons. The van der Waals surface area contributed by atoms with Crippen molar-refractivity contribution < 1.29 is 9.47 Å². The maximum absolute atomic E-state index is 6.10. The smallest absolute Gasteiger partial charge is 0.139 e. The third-order valence-corrected chi connectivity index (χ3v) is 3.95. The van der Waals surface area contributed by atoms with Gasteiger partial charge in [0.1, 0.15) is 5.75 Å². The van der Waals surface area contributed by atoms with Crippen molar-refractivity contribution in [1.82, 2.24) is 0 Å². The van der Waals surface area contributed by atoms with E-state index in [0.717, 1.165) is 35.9 Å². The Labute approximate surface area is 115 Å². The second-order valence-corrected chi connectivity index (χ2v) is 5.65. The molecule has 1 aromatic rings. The van der Waals surface area contributed by atoms with Crippen molar-refractivity contribution in [2.75, 3.05) is 7.11 Å². The second-order valence-electron chi connectivity index (χ2n) is 4.33. The first kappa shape index (κ1) is 13.2. The van der Waals surface area contributed by atoms with Crippen molar-refractivity contribution in [3.05, 3.63) is 27.7 Å². The van der Waals surface area contributed by atoms with Gasteiger partial charge in [-0.25, -0.2) is 0 Å². The molecule has 4 heteroatoms. The number of rotatable bonds is 3. The topological polar surface area (TPSA) is 18.5 Å². The van der Waals surface area contributed by atoms with Crippen molar-refractivity contribution in [3.8, 4) is 5.75 Å². The molecular formula is C13H16BrClO2. The van der Waals surface area contributed by atoms with Crippen LogP contribution in [-0.4, -0.2) is 19.3 Å². The van der Waals surface area contributed by atoms with Crippen LogP contribution >= 0.6 is 27.5 Å². The highest BCUT2D eigenvalue weighted by Crippen LogP contribution is 2.31. The molecular weight excluding hydrogens is 303 g/mol. The molecule has 0 spiro atoms. The Kier molecular flexibility index (Phi) is 4.71. The predicted octanol–water partition coefficient (Wildman–Crippen LogP) is 4.44. The Balaban J connectivity index is 1.95. The van der Waals surface area contributed by atoms with Gasteiger partial charge >= 0.3 is 0 Å². The number of halogens is 2. The molecule has 2 nitrogen and oxygen atoms in total. The van der Waals surface area contributed by atoms with E-state index in [1.165, 1.54) is 0 Å². The van der Waals surface area contributed by atoms with Crippen LogP contribution < -0.4 is 4.74 Å². The van der Waals surface area contributed by atoms with Gasteiger partial charge in [-0.15, -0.1) is 0 Å². The average Bonchev–Trinajstić information content (AvgIpc) is 2.35. The molecule has 0 amide bonds. The van der Waals surface area contributed by atoms with E-state index in [0.29, 0.717) is 11.1 Å². The zero-order chi connectivity index (χ0) is 12.3. The fraction of sp³-hybridized carbons (Fsp3) is 0.538. The fourth-order valence-electron chi connectivity index (χ4n) is 2.13. The van der Waals surface area contributed by atoms with E-state index in [9.17, 15) is 0 Å². The van der Waals surface area contributed by atoms with E-state index in [4.69, 9.17) is 21.1 Å². The van der Waals surface area contributed by atoms with Crippen molar-refractivity contribution in [3.63, 3.8) is 0 Å². The Hall–Kier alpha value is -0.250. The van der Waals surface area contributed by atoms with E-state index in [2.05, 4.69) is 15.9 Å². The van der Waals surface area contributed by atoms with Crippen molar-refractivity contribution >= 4 is 27.5 Å². The first-order valence-corrected chi connectivity index (χ1v) is 7.00. The first-order valence-electron chi connectivity index (χ1n) is 5.83.